The van der Waals surface area contributed by atoms with Crippen molar-refractivity contribution in [1.82, 2.24) is 4.90 Å². The molecule has 1 aromatic rings. The van der Waals surface area contributed by atoms with Gasteiger partial charge in [-0.3, -0.25) is 0 Å². The second-order valence-electron chi connectivity index (χ2n) is 5.45. The summed E-state index contributed by atoms with van der Waals surface area (Å²) in [7, 11) is 0. The summed E-state index contributed by atoms with van der Waals surface area (Å²) in [6, 6.07) is 7.22. The first-order chi connectivity index (χ1) is 10.1. The highest BCUT2D eigenvalue weighted by Crippen LogP contribution is 2.25. The maximum Gasteiger partial charge on any atom is 0.321 e. The third-order valence-corrected chi connectivity index (χ3v) is 4.06. The van der Waals surface area contributed by atoms with Crippen molar-refractivity contribution < 1.29 is 14.6 Å². The molecule has 2 N–H and O–H groups in total. The van der Waals surface area contributed by atoms with Gasteiger partial charge in [0.15, 0.2) is 0 Å². The van der Waals surface area contributed by atoms with Gasteiger partial charge in [0.2, 0.25) is 0 Å². The average molecular weight is 292 g/mol. The summed E-state index contributed by atoms with van der Waals surface area (Å²) in [4.78, 5) is 13.9. The lowest BCUT2D eigenvalue weighted by Gasteiger charge is -2.37. The lowest BCUT2D eigenvalue weighted by molar-refractivity contribution is -0.0139. The van der Waals surface area contributed by atoms with E-state index in [0.717, 1.165) is 17.9 Å². The van der Waals surface area contributed by atoms with Gasteiger partial charge < -0.3 is 20.1 Å². The Hall–Kier alpha value is -1.75. The Balaban J connectivity index is 1.87. The van der Waals surface area contributed by atoms with Gasteiger partial charge in [0.25, 0.3) is 0 Å². The Labute approximate surface area is 125 Å². The Morgan fingerprint density at radius 1 is 1.29 bits per heavy atom. The van der Waals surface area contributed by atoms with E-state index in [9.17, 15) is 9.90 Å². The van der Waals surface area contributed by atoms with Gasteiger partial charge in [-0.2, -0.15) is 0 Å². The van der Waals surface area contributed by atoms with Crippen molar-refractivity contribution in [3.8, 4) is 5.75 Å². The molecule has 1 aliphatic rings. The van der Waals surface area contributed by atoms with E-state index in [2.05, 4.69) is 5.32 Å². The monoisotopic (exact) mass is 292 g/mol. The lowest BCUT2D eigenvalue weighted by Crippen LogP contribution is -2.47. The minimum atomic E-state index is -0.601. The number of carbonyl (C=O) groups excluding carboxylic acids is 1. The zero-order valence-electron chi connectivity index (χ0n) is 12.8. The number of benzene rings is 1. The number of piperidine rings is 1. The Bertz CT molecular complexity index is 465. The molecule has 0 spiro atoms. The highest BCUT2D eigenvalue weighted by Gasteiger charge is 2.32. The fourth-order valence-corrected chi connectivity index (χ4v) is 2.48. The summed E-state index contributed by atoms with van der Waals surface area (Å²) in [6.07, 6.45) is 2.02. The highest BCUT2D eigenvalue weighted by molar-refractivity contribution is 5.89. The van der Waals surface area contributed by atoms with E-state index in [0.29, 0.717) is 32.5 Å². The van der Waals surface area contributed by atoms with Crippen molar-refractivity contribution in [1.29, 1.82) is 0 Å². The average Bonchev–Trinajstić information content (AvgIpc) is 2.50. The van der Waals surface area contributed by atoms with Crippen LogP contribution in [0.5, 0.6) is 5.75 Å². The van der Waals surface area contributed by atoms with Gasteiger partial charge in [0.05, 0.1) is 12.2 Å². The van der Waals surface area contributed by atoms with E-state index in [4.69, 9.17) is 4.74 Å². The lowest BCUT2D eigenvalue weighted by atomic mass is 9.89. The zero-order valence-corrected chi connectivity index (χ0v) is 12.8. The first kappa shape index (κ1) is 15.6. The van der Waals surface area contributed by atoms with Crippen molar-refractivity contribution >= 4 is 11.7 Å². The number of rotatable bonds is 4. The van der Waals surface area contributed by atoms with Gasteiger partial charge >= 0.3 is 6.03 Å². The Morgan fingerprint density at radius 3 is 2.43 bits per heavy atom. The maximum atomic E-state index is 12.2. The third-order valence-electron chi connectivity index (χ3n) is 4.06. The van der Waals surface area contributed by atoms with Crippen LogP contribution in [-0.2, 0) is 0 Å². The maximum absolute atomic E-state index is 12.2. The number of nitrogens with zero attached hydrogens (tertiary/aromatic N) is 1. The summed E-state index contributed by atoms with van der Waals surface area (Å²) in [6.45, 7) is 5.72. The van der Waals surface area contributed by atoms with Crippen LogP contribution in [0.3, 0.4) is 0 Å². The molecule has 5 nitrogen and oxygen atoms in total. The molecule has 0 unspecified atom stereocenters. The predicted octanol–water partition coefficient (Wildman–Crippen LogP) is 2.85. The van der Waals surface area contributed by atoms with Crippen molar-refractivity contribution in [3.05, 3.63) is 24.3 Å². The van der Waals surface area contributed by atoms with E-state index >= 15 is 0 Å². The molecule has 1 heterocycles. The van der Waals surface area contributed by atoms with Gasteiger partial charge in [-0.05, 0) is 50.5 Å². The third kappa shape index (κ3) is 4.11. The van der Waals surface area contributed by atoms with Crippen molar-refractivity contribution in [3.63, 3.8) is 0 Å². The van der Waals surface area contributed by atoms with Crippen LogP contribution < -0.4 is 10.1 Å². The van der Waals surface area contributed by atoms with E-state index in [1.807, 2.05) is 38.1 Å². The molecular formula is C16H24N2O3. The van der Waals surface area contributed by atoms with Crippen molar-refractivity contribution in [2.24, 2.45) is 0 Å². The fourth-order valence-electron chi connectivity index (χ4n) is 2.48. The van der Waals surface area contributed by atoms with Gasteiger partial charge in [-0.1, -0.05) is 6.92 Å². The number of aliphatic hydroxyl groups is 1. The van der Waals surface area contributed by atoms with Gasteiger partial charge in [-0.25, -0.2) is 4.79 Å². The predicted molar refractivity (Wildman–Crippen MR) is 82.7 cm³/mol. The molecule has 2 amide bonds. The smallest absolute Gasteiger partial charge is 0.321 e. The number of urea groups is 1. The molecule has 0 radical (unpaired) electrons. The molecule has 0 aliphatic carbocycles. The molecule has 21 heavy (non-hydrogen) atoms. The number of carbonyl (C=O) groups is 1. The first-order valence-electron chi connectivity index (χ1n) is 7.57. The van der Waals surface area contributed by atoms with Gasteiger partial charge in [0.1, 0.15) is 5.75 Å². The number of hydrogen-bond donors (Lipinski definition) is 2. The summed E-state index contributed by atoms with van der Waals surface area (Å²) >= 11 is 0. The molecule has 0 aromatic heterocycles. The van der Waals surface area contributed by atoms with Gasteiger partial charge in [-0.15, -0.1) is 0 Å². The summed E-state index contributed by atoms with van der Waals surface area (Å²) in [5, 5.41) is 13.1. The molecule has 0 bridgehead atoms. The van der Waals surface area contributed by atoms with Crippen LogP contribution in [0.1, 0.15) is 33.1 Å². The fraction of sp³-hybridized carbons (Fsp3) is 0.562. The van der Waals surface area contributed by atoms with Crippen LogP contribution >= 0.6 is 0 Å². The van der Waals surface area contributed by atoms with Crippen LogP contribution in [0.15, 0.2) is 24.3 Å². The van der Waals surface area contributed by atoms with E-state index in [1.54, 1.807) is 4.90 Å². The number of amides is 2. The number of ether oxygens (including phenoxy) is 1. The SMILES string of the molecule is CCOc1ccc(NC(=O)N2CCC(O)(CC)CC2)cc1. The number of anilines is 1. The van der Waals surface area contributed by atoms with Crippen LogP contribution in [0.25, 0.3) is 0 Å². The minimum absolute atomic E-state index is 0.114. The van der Waals surface area contributed by atoms with Crippen LogP contribution in [0.4, 0.5) is 10.5 Å². The molecule has 116 valence electrons. The molecular weight excluding hydrogens is 268 g/mol. The molecule has 1 aromatic carbocycles. The molecule has 1 fully saturated rings. The van der Waals surface area contributed by atoms with E-state index in [-0.39, 0.29) is 6.03 Å². The summed E-state index contributed by atoms with van der Waals surface area (Å²) < 4.78 is 5.37. The van der Waals surface area contributed by atoms with Crippen molar-refractivity contribution in [2.45, 2.75) is 38.7 Å². The first-order valence-corrected chi connectivity index (χ1v) is 7.57. The summed E-state index contributed by atoms with van der Waals surface area (Å²) in [5.41, 5.74) is 0.149. The Kier molecular flexibility index (Phi) is 5.07. The largest absolute Gasteiger partial charge is 0.494 e. The van der Waals surface area contributed by atoms with E-state index < -0.39 is 5.60 Å². The zero-order chi connectivity index (χ0) is 15.3. The Morgan fingerprint density at radius 2 is 1.90 bits per heavy atom. The molecule has 0 atom stereocenters. The highest BCUT2D eigenvalue weighted by atomic mass is 16.5. The normalized spacial score (nSPS) is 17.4. The van der Waals surface area contributed by atoms with Gasteiger partial charge in [0, 0.05) is 18.8 Å². The molecule has 5 heteroatoms. The summed E-state index contributed by atoms with van der Waals surface area (Å²) in [5.74, 6) is 0.793. The number of nitrogens with one attached hydrogen (secondary N) is 1. The molecule has 0 saturated carbocycles. The quantitative estimate of drug-likeness (QED) is 0.897. The van der Waals surface area contributed by atoms with Crippen LogP contribution in [-0.4, -0.2) is 41.3 Å². The number of hydrogen-bond acceptors (Lipinski definition) is 3. The van der Waals surface area contributed by atoms with Crippen LogP contribution in [0.2, 0.25) is 0 Å². The van der Waals surface area contributed by atoms with E-state index in [1.165, 1.54) is 0 Å². The second-order valence-corrected chi connectivity index (χ2v) is 5.45. The standard InChI is InChI=1S/C16H24N2O3/c1-3-16(20)9-11-18(12-10-16)15(19)17-13-5-7-14(8-6-13)21-4-2/h5-8,20H,3-4,9-12H2,1-2H3,(H,17,19). The minimum Gasteiger partial charge on any atom is -0.494 e. The molecule has 1 saturated heterocycles. The molecule has 2 rings (SSSR count). The number of likely N-dealkylation sites (tertiary alicyclic amines) is 1. The topological polar surface area (TPSA) is 61.8 Å². The molecule has 1 aliphatic heterocycles. The van der Waals surface area contributed by atoms with Crippen LogP contribution in [0, 0.1) is 0 Å². The second kappa shape index (κ2) is 6.80. The van der Waals surface area contributed by atoms with Crippen molar-refractivity contribution in [2.75, 3.05) is 25.0 Å².